The molecule has 5 rings (SSSR count). The molecule has 0 atom stereocenters. The molecule has 0 aliphatic carbocycles. The maximum Gasteiger partial charge on any atom is 0.248 e. The molecule has 2 aliphatic heterocycles. The third-order valence-corrected chi connectivity index (χ3v) is 6.27. The summed E-state index contributed by atoms with van der Waals surface area (Å²) in [6, 6.07) is 9.97. The average molecular weight is 512 g/mol. The molecule has 1 N–H and O–H groups in total. The molecule has 0 amide bonds. The van der Waals surface area contributed by atoms with E-state index in [1.54, 1.807) is 24.7 Å². The van der Waals surface area contributed by atoms with Gasteiger partial charge in [-0.2, -0.15) is 9.68 Å². The molecule has 0 saturated heterocycles. The Kier molecular flexibility index (Phi) is 7.46. The van der Waals surface area contributed by atoms with E-state index in [0.717, 1.165) is 57.3 Å². The van der Waals surface area contributed by atoms with E-state index in [-0.39, 0.29) is 0 Å². The van der Waals surface area contributed by atoms with Crippen LogP contribution in [0, 0.1) is 6.92 Å². The van der Waals surface area contributed by atoms with Crippen LogP contribution in [0.25, 0.3) is 10.9 Å². The Labute approximate surface area is 222 Å². The molecule has 0 fully saturated rings. The second-order valence-electron chi connectivity index (χ2n) is 8.69. The van der Waals surface area contributed by atoms with Crippen molar-refractivity contribution in [1.82, 2.24) is 15.0 Å². The molecule has 3 aromatic rings. The highest BCUT2D eigenvalue weighted by Crippen LogP contribution is 2.39. The standard InChI is InChI=1S/C29H31N6O3/c1-5-22-18-23(11-12-35(22)32-6-2)38-26-10-7-21(17-20(26)3)33-29-27-24(30-19-31-29)8-9-25(28(27)36-4)34-13-15-37-16-14-34/h5-13,17-19H,14-16H2,1-4H3,(H,30,31,33)/q+1/b22-5?,32-6-. The van der Waals surface area contributed by atoms with Crippen LogP contribution >= 0.6 is 0 Å². The molecule has 38 heavy (non-hydrogen) atoms. The molecule has 0 saturated carbocycles. The number of aryl methyl sites for hydroxylation is 1. The number of nitrogens with one attached hydrogen (secondary N) is 1. The number of ether oxygens (including phenoxy) is 3. The van der Waals surface area contributed by atoms with Crippen molar-refractivity contribution < 1.29 is 18.8 Å². The van der Waals surface area contributed by atoms with E-state index in [1.165, 1.54) is 0 Å². The Morgan fingerprint density at radius 3 is 2.82 bits per heavy atom. The third-order valence-electron chi connectivity index (χ3n) is 6.27. The fourth-order valence-corrected chi connectivity index (χ4v) is 4.44. The van der Waals surface area contributed by atoms with Gasteiger partial charge in [-0.05, 0) is 56.7 Å². The topological polar surface area (TPSA) is 84.1 Å². The van der Waals surface area contributed by atoms with Gasteiger partial charge in [-0.1, -0.05) is 6.08 Å². The highest BCUT2D eigenvalue weighted by atomic mass is 16.5. The molecule has 0 bridgehead atoms. The smallest absolute Gasteiger partial charge is 0.248 e. The molecule has 0 unspecified atom stereocenters. The van der Waals surface area contributed by atoms with Gasteiger partial charge in [0.05, 0.1) is 23.7 Å². The lowest BCUT2D eigenvalue weighted by Gasteiger charge is -2.21. The van der Waals surface area contributed by atoms with Crippen molar-refractivity contribution in [3.05, 3.63) is 78.1 Å². The Hall–Kier alpha value is -4.50. The number of rotatable bonds is 7. The zero-order valence-electron chi connectivity index (χ0n) is 22.0. The van der Waals surface area contributed by atoms with Crippen LogP contribution in [0.15, 0.2) is 77.6 Å². The van der Waals surface area contributed by atoms with Crippen molar-refractivity contribution in [2.24, 2.45) is 5.10 Å². The van der Waals surface area contributed by atoms with Crippen LogP contribution in [0.5, 0.6) is 11.5 Å². The van der Waals surface area contributed by atoms with Crippen molar-refractivity contribution in [2.75, 3.05) is 32.2 Å². The van der Waals surface area contributed by atoms with Crippen LogP contribution in [0.3, 0.4) is 0 Å². The number of aromatic nitrogens is 2. The number of benzene rings is 2. The lowest BCUT2D eigenvalue weighted by molar-refractivity contribution is -0.450. The predicted molar refractivity (Wildman–Crippen MR) is 150 cm³/mol. The summed E-state index contributed by atoms with van der Waals surface area (Å²) < 4.78 is 19.7. The predicted octanol–water partition coefficient (Wildman–Crippen LogP) is 5.44. The second-order valence-corrected chi connectivity index (χ2v) is 8.69. The van der Waals surface area contributed by atoms with Crippen LogP contribution in [0.4, 0.5) is 17.2 Å². The molecule has 2 aliphatic rings. The second kappa shape index (κ2) is 11.3. The lowest BCUT2D eigenvalue weighted by Crippen LogP contribution is -2.23. The van der Waals surface area contributed by atoms with Crippen molar-refractivity contribution in [1.29, 1.82) is 0 Å². The molecule has 0 spiro atoms. The van der Waals surface area contributed by atoms with Gasteiger partial charge in [0.1, 0.15) is 36.9 Å². The summed E-state index contributed by atoms with van der Waals surface area (Å²) in [5.74, 6) is 2.90. The van der Waals surface area contributed by atoms with E-state index < -0.39 is 0 Å². The van der Waals surface area contributed by atoms with Gasteiger partial charge in [-0.25, -0.2) is 15.0 Å². The number of allylic oxidation sites excluding steroid dienone is 3. The van der Waals surface area contributed by atoms with Crippen LogP contribution in [0.1, 0.15) is 19.4 Å². The summed E-state index contributed by atoms with van der Waals surface area (Å²) in [7, 11) is 1.67. The van der Waals surface area contributed by atoms with E-state index in [0.29, 0.717) is 19.0 Å². The fraction of sp³-hybridized carbons (Fsp3) is 0.241. The van der Waals surface area contributed by atoms with Gasteiger partial charge in [0.25, 0.3) is 0 Å². The summed E-state index contributed by atoms with van der Waals surface area (Å²) in [6.45, 7) is 7.86. The lowest BCUT2D eigenvalue weighted by atomic mass is 10.1. The first-order chi connectivity index (χ1) is 18.6. The molecule has 2 aromatic carbocycles. The first-order valence-electron chi connectivity index (χ1n) is 12.5. The zero-order valence-corrected chi connectivity index (χ0v) is 22.0. The number of anilines is 2. The fourth-order valence-electron chi connectivity index (χ4n) is 4.44. The van der Waals surface area contributed by atoms with E-state index in [4.69, 9.17) is 14.2 Å². The Bertz CT molecular complexity index is 1510. The van der Waals surface area contributed by atoms with Crippen LogP contribution in [-0.4, -0.2) is 58.8 Å². The number of hydrogen-bond acceptors (Lipinski definition) is 8. The molecular weight excluding hydrogens is 480 g/mol. The molecule has 9 nitrogen and oxygen atoms in total. The van der Waals surface area contributed by atoms with Gasteiger partial charge in [0.15, 0.2) is 12.8 Å². The number of methoxy groups -OCH3 is 1. The number of nitrogens with zero attached hydrogens (tertiary/aromatic N) is 5. The quantitative estimate of drug-likeness (QED) is 0.334. The molecular formula is C29H31N6O3+. The van der Waals surface area contributed by atoms with Gasteiger partial charge in [0.2, 0.25) is 11.4 Å². The monoisotopic (exact) mass is 511 g/mol. The summed E-state index contributed by atoms with van der Waals surface area (Å²) >= 11 is 0. The summed E-state index contributed by atoms with van der Waals surface area (Å²) in [5.41, 5.74) is 4.55. The average Bonchev–Trinajstić information content (AvgIpc) is 2.95. The van der Waals surface area contributed by atoms with Crippen LogP contribution < -0.4 is 14.8 Å². The van der Waals surface area contributed by atoms with E-state index >= 15 is 0 Å². The number of hydrazone groups is 1. The first kappa shape index (κ1) is 25.2. The van der Waals surface area contributed by atoms with Crippen LogP contribution in [0.2, 0.25) is 0 Å². The minimum absolute atomic E-state index is 0.568. The molecule has 9 heteroatoms. The Balaban J connectivity index is 1.42. The Morgan fingerprint density at radius 2 is 2.08 bits per heavy atom. The normalized spacial score (nSPS) is 16.6. The van der Waals surface area contributed by atoms with E-state index in [9.17, 15) is 0 Å². The SMILES string of the molecule is CC=C1C=C(Oc2ccc(Nc3ncnc4ccc([N+]5=CCOCC5)c(OC)c34)cc2C)C=CN1/N=C\C. The van der Waals surface area contributed by atoms with Crippen molar-refractivity contribution >= 4 is 40.5 Å². The minimum Gasteiger partial charge on any atom is -0.490 e. The largest absolute Gasteiger partial charge is 0.490 e. The zero-order chi connectivity index (χ0) is 26.5. The maximum atomic E-state index is 6.20. The van der Waals surface area contributed by atoms with E-state index in [2.05, 4.69) is 25.0 Å². The molecule has 194 valence electrons. The molecule has 0 radical (unpaired) electrons. The van der Waals surface area contributed by atoms with Crippen LogP contribution in [-0.2, 0) is 4.74 Å². The van der Waals surface area contributed by atoms with E-state index in [1.807, 2.05) is 81.7 Å². The number of fused-ring (bicyclic) bond motifs is 1. The van der Waals surface area contributed by atoms with Crippen molar-refractivity contribution in [3.63, 3.8) is 0 Å². The highest BCUT2D eigenvalue weighted by Gasteiger charge is 2.23. The molecule has 3 heterocycles. The number of hydrogen-bond donors (Lipinski definition) is 1. The minimum atomic E-state index is 0.568. The van der Waals surface area contributed by atoms with Crippen molar-refractivity contribution in [2.45, 2.75) is 20.8 Å². The summed E-state index contributed by atoms with van der Waals surface area (Å²) in [4.78, 5) is 9.03. The van der Waals surface area contributed by atoms with Gasteiger partial charge in [0, 0.05) is 30.2 Å². The third kappa shape index (κ3) is 5.14. The summed E-state index contributed by atoms with van der Waals surface area (Å²) in [6.07, 6.45) is 13.1. The maximum absolute atomic E-state index is 6.20. The van der Waals surface area contributed by atoms with Gasteiger partial charge in [-0.15, -0.1) is 0 Å². The van der Waals surface area contributed by atoms with Gasteiger partial charge < -0.3 is 19.5 Å². The summed E-state index contributed by atoms with van der Waals surface area (Å²) in [5, 5.41) is 10.4. The Morgan fingerprint density at radius 1 is 1.18 bits per heavy atom. The van der Waals surface area contributed by atoms with Gasteiger partial charge in [-0.3, -0.25) is 0 Å². The highest BCUT2D eigenvalue weighted by molar-refractivity contribution is 5.98. The van der Waals surface area contributed by atoms with Crippen molar-refractivity contribution in [3.8, 4) is 11.5 Å². The first-order valence-corrected chi connectivity index (χ1v) is 12.5. The molecule has 1 aromatic heterocycles. The van der Waals surface area contributed by atoms with Gasteiger partial charge >= 0.3 is 0 Å².